The van der Waals surface area contributed by atoms with Gasteiger partial charge in [-0.25, -0.2) is 0 Å². The van der Waals surface area contributed by atoms with Gasteiger partial charge >= 0.3 is 5.97 Å². The lowest BCUT2D eigenvalue weighted by molar-refractivity contribution is -0.137. The number of nitrogens with one attached hydrogen (secondary N) is 1. The highest BCUT2D eigenvalue weighted by molar-refractivity contribution is 9.10. The first kappa shape index (κ1) is 13.8. The molecule has 0 fully saturated rings. The molecular weight excluding hydrogens is 308 g/mol. The van der Waals surface area contributed by atoms with E-state index in [9.17, 15) is 9.59 Å². The van der Waals surface area contributed by atoms with Crippen molar-refractivity contribution in [3.63, 3.8) is 0 Å². The van der Waals surface area contributed by atoms with Crippen molar-refractivity contribution in [1.29, 1.82) is 5.26 Å². The first-order valence-electron chi connectivity index (χ1n) is 4.53. The zero-order valence-electron chi connectivity index (χ0n) is 9.17. The van der Waals surface area contributed by atoms with E-state index in [4.69, 9.17) is 5.26 Å². The number of pyridine rings is 1. The first-order chi connectivity index (χ1) is 8.01. The number of esters is 1. The first-order valence-corrected chi connectivity index (χ1v) is 6.31. The largest absolute Gasteiger partial charge is 0.468 e. The van der Waals surface area contributed by atoms with Gasteiger partial charge in [0.25, 0.3) is 5.56 Å². The van der Waals surface area contributed by atoms with Crippen LogP contribution in [0.3, 0.4) is 0 Å². The van der Waals surface area contributed by atoms with E-state index in [0.29, 0.717) is 20.6 Å². The van der Waals surface area contributed by atoms with Crippen molar-refractivity contribution < 1.29 is 9.53 Å². The van der Waals surface area contributed by atoms with Gasteiger partial charge in [0.2, 0.25) is 0 Å². The number of methoxy groups -OCH3 is 1. The Balaban J connectivity index is 3.12. The van der Waals surface area contributed by atoms with Gasteiger partial charge in [-0.3, -0.25) is 9.59 Å². The molecule has 1 heterocycles. The summed E-state index contributed by atoms with van der Waals surface area (Å²) in [6.45, 7) is 1.67. The van der Waals surface area contributed by atoms with Crippen LogP contribution in [0.15, 0.2) is 14.3 Å². The minimum Gasteiger partial charge on any atom is -0.468 e. The maximum Gasteiger partial charge on any atom is 0.316 e. The number of nitriles is 1. The summed E-state index contributed by atoms with van der Waals surface area (Å²) in [6.07, 6.45) is 0. The number of carbonyl (C=O) groups excluding carboxylic acids is 1. The molecule has 0 unspecified atom stereocenters. The second-order valence-electron chi connectivity index (χ2n) is 3.07. The Morgan fingerprint density at radius 3 is 2.82 bits per heavy atom. The van der Waals surface area contributed by atoms with Crippen LogP contribution in [0.1, 0.15) is 11.1 Å². The minimum atomic E-state index is -0.416. The predicted octanol–water partition coefficient (Wildman–Crippen LogP) is 1.58. The van der Waals surface area contributed by atoms with Gasteiger partial charge in [0.05, 0.1) is 27.9 Å². The number of H-pyrrole nitrogens is 1. The maximum atomic E-state index is 11.5. The molecule has 0 atom stereocenters. The summed E-state index contributed by atoms with van der Waals surface area (Å²) in [6, 6.07) is 2.00. The number of ether oxygens (including phenoxy) is 1. The molecule has 5 nitrogen and oxygen atoms in total. The average Bonchev–Trinajstić information content (AvgIpc) is 2.33. The van der Waals surface area contributed by atoms with Crippen LogP contribution in [0, 0.1) is 18.3 Å². The third kappa shape index (κ3) is 3.11. The van der Waals surface area contributed by atoms with E-state index in [1.165, 1.54) is 7.11 Å². The average molecular weight is 317 g/mol. The van der Waals surface area contributed by atoms with E-state index >= 15 is 0 Å². The van der Waals surface area contributed by atoms with Crippen LogP contribution >= 0.6 is 27.7 Å². The SMILES string of the molecule is COC(=O)CSc1[nH]c(=O)c(Br)c(C)c1C#N. The van der Waals surface area contributed by atoms with Gasteiger partial charge in [0, 0.05) is 0 Å². The van der Waals surface area contributed by atoms with Gasteiger partial charge in [-0.05, 0) is 28.4 Å². The van der Waals surface area contributed by atoms with E-state index < -0.39 is 5.97 Å². The summed E-state index contributed by atoms with van der Waals surface area (Å²) in [5, 5.41) is 9.39. The van der Waals surface area contributed by atoms with Crippen LogP contribution in [-0.4, -0.2) is 23.8 Å². The van der Waals surface area contributed by atoms with Crippen molar-refractivity contribution in [3.8, 4) is 6.07 Å². The molecule has 0 saturated carbocycles. The molecule has 0 saturated heterocycles. The molecular formula is C10H9BrN2O3S. The highest BCUT2D eigenvalue weighted by atomic mass is 79.9. The van der Waals surface area contributed by atoms with Crippen molar-refractivity contribution in [2.75, 3.05) is 12.9 Å². The Bertz CT molecular complexity index is 548. The smallest absolute Gasteiger partial charge is 0.316 e. The fourth-order valence-electron chi connectivity index (χ4n) is 1.10. The third-order valence-electron chi connectivity index (χ3n) is 2.03. The van der Waals surface area contributed by atoms with Gasteiger partial charge in [-0.15, -0.1) is 0 Å². The number of thioether (sulfide) groups is 1. The molecule has 90 valence electrons. The maximum absolute atomic E-state index is 11.5. The number of nitrogens with zero attached hydrogens (tertiary/aromatic N) is 1. The number of aromatic nitrogens is 1. The second kappa shape index (κ2) is 5.89. The number of hydrogen-bond acceptors (Lipinski definition) is 5. The van der Waals surface area contributed by atoms with Crippen molar-refractivity contribution >= 4 is 33.7 Å². The Morgan fingerprint density at radius 1 is 1.65 bits per heavy atom. The van der Waals surface area contributed by atoms with E-state index in [-0.39, 0.29) is 11.3 Å². The molecule has 1 N–H and O–H groups in total. The zero-order valence-corrected chi connectivity index (χ0v) is 11.6. The summed E-state index contributed by atoms with van der Waals surface area (Å²) in [7, 11) is 1.28. The van der Waals surface area contributed by atoms with E-state index in [1.54, 1.807) is 6.92 Å². The lowest BCUT2D eigenvalue weighted by Gasteiger charge is -2.06. The molecule has 1 rings (SSSR count). The summed E-state index contributed by atoms with van der Waals surface area (Å²) in [5.41, 5.74) is 0.586. The topological polar surface area (TPSA) is 83.0 Å². The predicted molar refractivity (Wildman–Crippen MR) is 67.0 cm³/mol. The molecule has 7 heteroatoms. The van der Waals surface area contributed by atoms with Crippen molar-refractivity contribution in [2.45, 2.75) is 11.9 Å². The summed E-state index contributed by atoms with van der Waals surface area (Å²) in [4.78, 5) is 25.0. The lowest BCUT2D eigenvalue weighted by Crippen LogP contribution is -2.13. The van der Waals surface area contributed by atoms with Crippen molar-refractivity contribution in [1.82, 2.24) is 4.98 Å². The molecule has 0 spiro atoms. The van der Waals surface area contributed by atoms with Crippen LogP contribution < -0.4 is 5.56 Å². The quantitative estimate of drug-likeness (QED) is 0.676. The van der Waals surface area contributed by atoms with Gasteiger partial charge in [0.15, 0.2) is 0 Å². The highest BCUT2D eigenvalue weighted by Crippen LogP contribution is 2.24. The number of halogens is 1. The summed E-state index contributed by atoms with van der Waals surface area (Å²) >= 11 is 4.17. The Labute approximate surface area is 110 Å². The number of hydrogen-bond donors (Lipinski definition) is 1. The zero-order chi connectivity index (χ0) is 13.0. The van der Waals surface area contributed by atoms with Crippen LogP contribution in [-0.2, 0) is 9.53 Å². The van der Waals surface area contributed by atoms with Crippen LogP contribution in [0.25, 0.3) is 0 Å². The van der Waals surface area contributed by atoms with Crippen molar-refractivity contribution in [3.05, 3.63) is 26.0 Å². The molecule has 0 aliphatic carbocycles. The molecule has 1 aromatic rings. The summed E-state index contributed by atoms with van der Waals surface area (Å²) in [5.74, 6) is -0.373. The molecule has 0 aromatic carbocycles. The molecule has 0 radical (unpaired) electrons. The Kier molecular flexibility index (Phi) is 4.78. The van der Waals surface area contributed by atoms with Gasteiger partial charge in [-0.1, -0.05) is 11.8 Å². The molecule has 0 bridgehead atoms. The van der Waals surface area contributed by atoms with Gasteiger partial charge < -0.3 is 9.72 Å². The molecule has 17 heavy (non-hydrogen) atoms. The third-order valence-corrected chi connectivity index (χ3v) is 3.96. The number of carbonyl (C=O) groups is 1. The Hall–Kier alpha value is -1.26. The fourth-order valence-corrected chi connectivity index (χ4v) is 2.29. The van der Waals surface area contributed by atoms with Crippen LogP contribution in [0.4, 0.5) is 0 Å². The van der Waals surface area contributed by atoms with E-state index in [1.807, 2.05) is 6.07 Å². The normalized spacial score (nSPS) is 9.76. The molecule has 0 aliphatic rings. The van der Waals surface area contributed by atoms with Gasteiger partial charge in [-0.2, -0.15) is 5.26 Å². The van der Waals surface area contributed by atoms with Crippen LogP contribution in [0.5, 0.6) is 0 Å². The molecule has 0 amide bonds. The second-order valence-corrected chi connectivity index (χ2v) is 4.85. The Morgan fingerprint density at radius 2 is 2.29 bits per heavy atom. The summed E-state index contributed by atoms with van der Waals surface area (Å²) < 4.78 is 4.82. The standard InChI is InChI=1S/C10H9BrN2O3S/c1-5-6(3-12)10(13-9(15)8(5)11)17-4-7(14)16-2/h4H2,1-2H3,(H,13,15). The molecule has 1 aromatic heterocycles. The van der Waals surface area contributed by atoms with Crippen LogP contribution in [0.2, 0.25) is 0 Å². The number of aromatic amines is 1. The van der Waals surface area contributed by atoms with E-state index in [2.05, 4.69) is 25.7 Å². The lowest BCUT2D eigenvalue weighted by atomic mass is 10.2. The number of rotatable bonds is 3. The van der Waals surface area contributed by atoms with E-state index in [0.717, 1.165) is 11.8 Å². The minimum absolute atomic E-state index is 0.0438. The molecule has 0 aliphatic heterocycles. The fraction of sp³-hybridized carbons (Fsp3) is 0.300. The highest BCUT2D eigenvalue weighted by Gasteiger charge is 2.14. The van der Waals surface area contributed by atoms with Crippen molar-refractivity contribution in [2.24, 2.45) is 0 Å². The monoisotopic (exact) mass is 316 g/mol. The van der Waals surface area contributed by atoms with Gasteiger partial charge in [0.1, 0.15) is 6.07 Å².